The van der Waals surface area contributed by atoms with Crippen LogP contribution in [0.15, 0.2) is 24.3 Å². The normalized spacial score (nSPS) is 14.6. The van der Waals surface area contributed by atoms with Crippen LogP contribution < -0.4 is 5.32 Å². The minimum atomic E-state index is -0.906. The number of carbonyl (C=O) groups excluding carboxylic acids is 2. The van der Waals surface area contributed by atoms with Gasteiger partial charge in [0.2, 0.25) is 5.91 Å². The van der Waals surface area contributed by atoms with Crippen molar-refractivity contribution < 1.29 is 19.5 Å². The summed E-state index contributed by atoms with van der Waals surface area (Å²) in [6.07, 6.45) is 0. The fraction of sp³-hybridized carbons (Fsp3) is 0.308. The molecule has 1 heterocycles. The lowest BCUT2D eigenvalue weighted by Gasteiger charge is -2.36. The molecule has 6 nitrogen and oxygen atoms in total. The highest BCUT2D eigenvalue weighted by Crippen LogP contribution is 2.15. The van der Waals surface area contributed by atoms with Gasteiger partial charge in [0, 0.05) is 23.7 Å². The molecule has 1 aliphatic heterocycles. The lowest BCUT2D eigenvalue weighted by molar-refractivity contribution is -0.152. The summed E-state index contributed by atoms with van der Waals surface area (Å²) in [5, 5.41) is 11.6. The summed E-state index contributed by atoms with van der Waals surface area (Å²) in [5.41, 5.74) is 0.373. The van der Waals surface area contributed by atoms with E-state index in [1.807, 2.05) is 0 Å². The molecule has 0 unspecified atom stereocenters. The second-order valence-corrected chi connectivity index (χ2v) is 4.96. The van der Waals surface area contributed by atoms with Crippen molar-refractivity contribution in [3.05, 3.63) is 34.9 Å². The molecular formula is C13H13ClN2O4. The van der Waals surface area contributed by atoms with E-state index in [0.717, 1.165) is 0 Å². The van der Waals surface area contributed by atoms with E-state index in [1.165, 1.54) is 11.0 Å². The maximum atomic E-state index is 11.8. The monoisotopic (exact) mass is 296 g/mol. The van der Waals surface area contributed by atoms with E-state index in [4.69, 9.17) is 16.7 Å². The molecule has 1 saturated heterocycles. The van der Waals surface area contributed by atoms with Crippen LogP contribution in [-0.2, 0) is 9.59 Å². The van der Waals surface area contributed by atoms with E-state index in [-0.39, 0.29) is 25.5 Å². The number of hydrogen-bond acceptors (Lipinski definition) is 3. The molecule has 0 atom stereocenters. The third-order valence-electron chi connectivity index (χ3n) is 3.07. The second-order valence-electron chi connectivity index (χ2n) is 4.53. The summed E-state index contributed by atoms with van der Waals surface area (Å²) in [6.45, 7) is 0.236. The summed E-state index contributed by atoms with van der Waals surface area (Å²) in [6, 6.07) is 6.39. The number of carbonyl (C=O) groups is 3. The highest BCUT2D eigenvalue weighted by molar-refractivity contribution is 6.30. The highest BCUT2D eigenvalue weighted by Gasteiger charge is 2.35. The molecule has 20 heavy (non-hydrogen) atoms. The van der Waals surface area contributed by atoms with Crippen LogP contribution in [0.4, 0.5) is 0 Å². The first kappa shape index (κ1) is 14.3. The van der Waals surface area contributed by atoms with Crippen molar-refractivity contribution in [1.82, 2.24) is 10.2 Å². The molecule has 0 saturated carbocycles. The van der Waals surface area contributed by atoms with Gasteiger partial charge in [-0.05, 0) is 18.2 Å². The average molecular weight is 297 g/mol. The second kappa shape index (κ2) is 5.92. The number of rotatable bonds is 4. The first-order valence-electron chi connectivity index (χ1n) is 6.01. The zero-order chi connectivity index (χ0) is 14.7. The Labute approximate surface area is 120 Å². The Bertz CT molecular complexity index is 555. The first-order chi connectivity index (χ1) is 9.47. The third kappa shape index (κ3) is 3.27. The summed E-state index contributed by atoms with van der Waals surface area (Å²) < 4.78 is 0. The Morgan fingerprint density at radius 2 is 2.05 bits per heavy atom. The van der Waals surface area contributed by atoms with E-state index in [2.05, 4.69) is 5.32 Å². The van der Waals surface area contributed by atoms with Gasteiger partial charge in [0.15, 0.2) is 0 Å². The topological polar surface area (TPSA) is 86.7 Å². The van der Waals surface area contributed by atoms with E-state index in [9.17, 15) is 14.4 Å². The minimum Gasteiger partial charge on any atom is -0.481 e. The van der Waals surface area contributed by atoms with Gasteiger partial charge in [0.1, 0.15) is 0 Å². The Hall–Kier alpha value is -2.08. The maximum Gasteiger partial charge on any atom is 0.310 e. The number of likely N-dealkylation sites (tertiary alicyclic amines) is 1. The minimum absolute atomic E-state index is 0.155. The van der Waals surface area contributed by atoms with Gasteiger partial charge in [-0.3, -0.25) is 14.4 Å². The number of benzene rings is 1. The molecule has 0 bridgehead atoms. The summed E-state index contributed by atoms with van der Waals surface area (Å²) in [4.78, 5) is 35.5. The fourth-order valence-electron chi connectivity index (χ4n) is 1.84. The number of nitrogens with zero attached hydrogens (tertiary/aromatic N) is 1. The van der Waals surface area contributed by atoms with Crippen molar-refractivity contribution in [3.63, 3.8) is 0 Å². The summed E-state index contributed by atoms with van der Waals surface area (Å²) in [7, 11) is 0. The van der Waals surface area contributed by atoms with E-state index in [0.29, 0.717) is 10.6 Å². The molecular weight excluding hydrogens is 284 g/mol. The van der Waals surface area contributed by atoms with Gasteiger partial charge in [0.25, 0.3) is 5.91 Å². The van der Waals surface area contributed by atoms with Crippen LogP contribution in [0, 0.1) is 5.92 Å². The van der Waals surface area contributed by atoms with Crippen molar-refractivity contribution in [2.75, 3.05) is 19.6 Å². The molecule has 7 heteroatoms. The Morgan fingerprint density at radius 3 is 2.65 bits per heavy atom. The molecule has 1 fully saturated rings. The lowest BCUT2D eigenvalue weighted by atomic mass is 10.0. The van der Waals surface area contributed by atoms with E-state index in [1.54, 1.807) is 18.2 Å². The van der Waals surface area contributed by atoms with Crippen molar-refractivity contribution in [1.29, 1.82) is 0 Å². The SMILES string of the molecule is O=C(NCC(=O)N1CC(C(=O)O)C1)c1cccc(Cl)c1. The molecule has 106 valence electrons. The first-order valence-corrected chi connectivity index (χ1v) is 6.39. The third-order valence-corrected chi connectivity index (χ3v) is 3.31. The Morgan fingerprint density at radius 1 is 1.35 bits per heavy atom. The predicted octanol–water partition coefficient (Wildman–Crippen LogP) is 0.613. The molecule has 0 radical (unpaired) electrons. The zero-order valence-electron chi connectivity index (χ0n) is 10.5. The number of hydrogen-bond donors (Lipinski definition) is 2. The number of halogens is 1. The molecule has 0 aromatic heterocycles. The summed E-state index contributed by atoms with van der Waals surface area (Å²) in [5.74, 6) is -2.09. The Balaban J connectivity index is 1.80. The number of aliphatic carboxylic acids is 1. The van der Waals surface area contributed by atoms with Crippen LogP contribution in [0.3, 0.4) is 0 Å². The van der Waals surface area contributed by atoms with Crippen molar-refractivity contribution in [2.24, 2.45) is 5.92 Å². The van der Waals surface area contributed by atoms with Crippen molar-refractivity contribution >= 4 is 29.4 Å². The fourth-order valence-corrected chi connectivity index (χ4v) is 2.03. The van der Waals surface area contributed by atoms with Gasteiger partial charge >= 0.3 is 5.97 Å². The molecule has 2 N–H and O–H groups in total. The van der Waals surface area contributed by atoms with Crippen LogP contribution in [-0.4, -0.2) is 47.4 Å². The molecule has 0 spiro atoms. The molecule has 1 aromatic rings. The number of nitrogens with one attached hydrogen (secondary N) is 1. The van der Waals surface area contributed by atoms with Crippen LogP contribution in [0.2, 0.25) is 5.02 Å². The van der Waals surface area contributed by atoms with Gasteiger partial charge < -0.3 is 15.3 Å². The van der Waals surface area contributed by atoms with Gasteiger partial charge in [-0.1, -0.05) is 17.7 Å². The zero-order valence-corrected chi connectivity index (χ0v) is 11.3. The molecule has 2 rings (SSSR count). The van der Waals surface area contributed by atoms with Crippen LogP contribution >= 0.6 is 11.6 Å². The van der Waals surface area contributed by atoms with Gasteiger partial charge in [0.05, 0.1) is 12.5 Å². The van der Waals surface area contributed by atoms with Crippen LogP contribution in [0.1, 0.15) is 10.4 Å². The number of carboxylic acid groups (broad SMARTS) is 1. The largest absolute Gasteiger partial charge is 0.481 e. The molecule has 1 aliphatic rings. The van der Waals surface area contributed by atoms with Gasteiger partial charge in [-0.2, -0.15) is 0 Å². The quantitative estimate of drug-likeness (QED) is 0.852. The molecule has 0 aliphatic carbocycles. The van der Waals surface area contributed by atoms with Crippen molar-refractivity contribution in [2.45, 2.75) is 0 Å². The maximum absolute atomic E-state index is 11.8. The highest BCUT2D eigenvalue weighted by atomic mass is 35.5. The Kier molecular flexibility index (Phi) is 4.24. The molecule has 2 amide bonds. The van der Waals surface area contributed by atoms with E-state index >= 15 is 0 Å². The lowest BCUT2D eigenvalue weighted by Crippen LogP contribution is -2.55. The smallest absolute Gasteiger partial charge is 0.310 e. The predicted molar refractivity (Wildman–Crippen MR) is 71.5 cm³/mol. The van der Waals surface area contributed by atoms with E-state index < -0.39 is 17.8 Å². The van der Waals surface area contributed by atoms with Crippen molar-refractivity contribution in [3.8, 4) is 0 Å². The van der Waals surface area contributed by atoms with Gasteiger partial charge in [-0.25, -0.2) is 0 Å². The van der Waals surface area contributed by atoms with Crippen LogP contribution in [0.25, 0.3) is 0 Å². The number of carboxylic acids is 1. The average Bonchev–Trinajstić information content (AvgIpc) is 2.33. The summed E-state index contributed by atoms with van der Waals surface area (Å²) >= 11 is 5.77. The standard InChI is InChI=1S/C13H13ClN2O4/c14-10-3-1-2-8(4-10)12(18)15-5-11(17)16-6-9(7-16)13(19)20/h1-4,9H,5-7H2,(H,15,18)(H,19,20). The molecule has 1 aromatic carbocycles. The van der Waals surface area contributed by atoms with Gasteiger partial charge in [-0.15, -0.1) is 0 Å². The number of amides is 2. The van der Waals surface area contributed by atoms with Crippen LogP contribution in [0.5, 0.6) is 0 Å².